The molecule has 4 aromatic heterocycles. The Morgan fingerprint density at radius 2 is 1.98 bits per heavy atom. The zero-order chi connectivity index (χ0) is 29.4. The van der Waals surface area contributed by atoms with Gasteiger partial charge in [0.05, 0.1) is 29.2 Å². The van der Waals surface area contributed by atoms with Crippen LogP contribution in [0.4, 0.5) is 0 Å². The molecule has 1 aliphatic rings. The number of benzene rings is 1. The number of carbonyl (C=O) groups is 1. The second-order valence-corrected chi connectivity index (χ2v) is 18.4. The first kappa shape index (κ1) is 28.7. The number of amides is 1. The Morgan fingerprint density at radius 3 is 2.76 bits per heavy atom. The van der Waals surface area contributed by atoms with Crippen LogP contribution >= 0.6 is 11.3 Å². The van der Waals surface area contributed by atoms with Crippen LogP contribution in [0.1, 0.15) is 34.6 Å². The number of hydrogen-bond donors (Lipinski definition) is 1. The van der Waals surface area contributed by atoms with Crippen molar-refractivity contribution in [2.24, 2.45) is 7.05 Å². The van der Waals surface area contributed by atoms with E-state index in [4.69, 9.17) is 14.3 Å². The predicted octanol–water partition coefficient (Wildman–Crippen LogP) is 4.24. The lowest BCUT2D eigenvalue weighted by Gasteiger charge is -2.21. The van der Waals surface area contributed by atoms with Gasteiger partial charge < -0.3 is 14.0 Å². The zero-order valence-electron chi connectivity index (χ0n) is 24.3. The molecule has 1 aliphatic heterocycles. The molecule has 1 fully saturated rings. The Balaban J connectivity index is 1.21. The fourth-order valence-electron chi connectivity index (χ4n) is 5.06. The summed E-state index contributed by atoms with van der Waals surface area (Å²) in [6.45, 7) is 8.99. The summed E-state index contributed by atoms with van der Waals surface area (Å²) < 4.78 is 17.1. The van der Waals surface area contributed by atoms with Crippen molar-refractivity contribution in [2.45, 2.75) is 64.5 Å². The Kier molecular flexibility index (Phi) is 7.98. The molecular formula is C28H35N7O5SSi. The molecule has 1 unspecified atom stereocenters. The maximum Gasteiger partial charge on any atom is 0.303 e. The summed E-state index contributed by atoms with van der Waals surface area (Å²) in [5.41, 5.74) is 5.13. The molecule has 6 rings (SSSR count). The normalized spacial score (nSPS) is 16.1. The van der Waals surface area contributed by atoms with Gasteiger partial charge in [0, 0.05) is 45.5 Å². The van der Waals surface area contributed by atoms with Crippen LogP contribution in [-0.4, -0.2) is 62.6 Å². The summed E-state index contributed by atoms with van der Waals surface area (Å²) >= 11 is 1.20. The number of fused-ring (bicyclic) bond motifs is 4. The zero-order valence-corrected chi connectivity index (χ0v) is 26.1. The third kappa shape index (κ3) is 5.77. The van der Waals surface area contributed by atoms with Gasteiger partial charge in [0.25, 0.3) is 5.56 Å². The summed E-state index contributed by atoms with van der Waals surface area (Å²) in [6.07, 6.45) is 5.74. The minimum atomic E-state index is -1.16. The van der Waals surface area contributed by atoms with Crippen molar-refractivity contribution in [1.82, 2.24) is 34.6 Å². The molecule has 0 spiro atoms. The number of carbonyl (C=O) groups excluding carboxylic acids is 1. The summed E-state index contributed by atoms with van der Waals surface area (Å²) in [4.78, 5) is 36.2. The Bertz CT molecular complexity index is 1810. The largest absolute Gasteiger partial charge is 0.360 e. The van der Waals surface area contributed by atoms with Crippen molar-refractivity contribution in [1.29, 1.82) is 0 Å². The predicted molar refractivity (Wildman–Crippen MR) is 163 cm³/mol. The number of ether oxygens (including phenoxy) is 2. The first-order chi connectivity index (χ1) is 20.2. The second-order valence-electron chi connectivity index (χ2n) is 11.8. The van der Waals surface area contributed by atoms with Gasteiger partial charge in [0.1, 0.15) is 12.2 Å². The standard InChI is InChI=1S/C28H35N7O5SSi/c1-33-23-20(24-25(33)31-27(41-24)26(36)32-40-22-10-5-6-11-39-22)15-29-34(28(23)37)16-18-8-7-9-21-19(18)14-30-35(21)17-38-12-13-42(2,3)4/h7-9,14-15,22H,5-6,10-13,16-17H2,1-4H3,(H,32,36). The Morgan fingerprint density at radius 1 is 1.17 bits per heavy atom. The summed E-state index contributed by atoms with van der Waals surface area (Å²) in [5, 5.41) is 10.9. The fraction of sp³-hybridized carbons (Fsp3) is 0.464. The quantitative estimate of drug-likeness (QED) is 0.142. The van der Waals surface area contributed by atoms with E-state index >= 15 is 0 Å². The molecule has 1 aromatic carbocycles. The van der Waals surface area contributed by atoms with Crippen molar-refractivity contribution in [2.75, 3.05) is 13.2 Å². The van der Waals surface area contributed by atoms with Crippen molar-refractivity contribution >= 4 is 57.5 Å². The van der Waals surface area contributed by atoms with Gasteiger partial charge in [-0.25, -0.2) is 24.7 Å². The molecule has 0 saturated carbocycles. The van der Waals surface area contributed by atoms with Gasteiger partial charge in [-0.1, -0.05) is 31.8 Å². The van der Waals surface area contributed by atoms with Gasteiger partial charge in [-0.2, -0.15) is 10.2 Å². The molecule has 1 saturated heterocycles. The molecule has 5 aromatic rings. The molecule has 0 aliphatic carbocycles. The van der Waals surface area contributed by atoms with Crippen molar-refractivity contribution in [3.63, 3.8) is 0 Å². The van der Waals surface area contributed by atoms with Crippen LogP contribution in [0.15, 0.2) is 35.4 Å². The van der Waals surface area contributed by atoms with Gasteiger partial charge in [0.15, 0.2) is 16.9 Å². The molecular weight excluding hydrogens is 575 g/mol. The SMILES string of the molecule is Cn1c2nc(C(=O)NOC3CCCCO3)sc2c2cnn(Cc3cccc4c3cnn4COCC[Si](C)(C)C)c(=O)c21. The highest BCUT2D eigenvalue weighted by Crippen LogP contribution is 2.31. The highest BCUT2D eigenvalue weighted by Gasteiger charge is 2.23. The third-order valence-corrected chi connectivity index (χ3v) is 10.2. The molecule has 0 radical (unpaired) electrons. The Hall–Kier alpha value is -3.43. The van der Waals surface area contributed by atoms with E-state index in [9.17, 15) is 9.59 Å². The van der Waals surface area contributed by atoms with Crippen molar-refractivity contribution in [3.05, 3.63) is 51.5 Å². The number of nitrogens with one attached hydrogen (secondary N) is 1. The van der Waals surface area contributed by atoms with Crippen molar-refractivity contribution < 1.29 is 19.1 Å². The van der Waals surface area contributed by atoms with Gasteiger partial charge >= 0.3 is 5.91 Å². The van der Waals surface area contributed by atoms with Crippen LogP contribution in [-0.2, 0) is 34.6 Å². The lowest BCUT2D eigenvalue weighted by molar-refractivity contribution is -0.186. The first-order valence-electron chi connectivity index (χ1n) is 14.1. The lowest BCUT2D eigenvalue weighted by Crippen LogP contribution is -2.33. The molecule has 5 heterocycles. The third-order valence-electron chi connectivity index (χ3n) is 7.45. The number of aromatic nitrogens is 6. The van der Waals surface area contributed by atoms with Crippen LogP contribution in [0, 0.1) is 0 Å². The number of rotatable bonds is 10. The molecule has 14 heteroatoms. The van der Waals surface area contributed by atoms with E-state index in [0.717, 1.165) is 46.5 Å². The number of aryl methyl sites for hydroxylation is 1. The van der Waals surface area contributed by atoms with Crippen LogP contribution in [0.5, 0.6) is 0 Å². The summed E-state index contributed by atoms with van der Waals surface area (Å²) in [6, 6.07) is 7.04. The minimum Gasteiger partial charge on any atom is -0.360 e. The summed E-state index contributed by atoms with van der Waals surface area (Å²) in [5.74, 6) is -0.449. The van der Waals surface area contributed by atoms with E-state index in [1.54, 1.807) is 17.8 Å². The average Bonchev–Trinajstić information content (AvgIpc) is 3.66. The number of hydroxylamine groups is 1. The molecule has 12 nitrogen and oxygen atoms in total. The topological polar surface area (TPSA) is 127 Å². The number of thiazole rings is 1. The first-order valence-corrected chi connectivity index (χ1v) is 18.7. The van der Waals surface area contributed by atoms with Crippen LogP contribution in [0.25, 0.3) is 32.2 Å². The van der Waals surface area contributed by atoms with E-state index in [-0.39, 0.29) is 17.1 Å². The highest BCUT2D eigenvalue weighted by atomic mass is 32.1. The maximum atomic E-state index is 13.6. The lowest BCUT2D eigenvalue weighted by atomic mass is 10.1. The van der Waals surface area contributed by atoms with Crippen LogP contribution < -0.4 is 11.0 Å². The van der Waals surface area contributed by atoms with Gasteiger partial charge in [-0.15, -0.1) is 11.3 Å². The van der Waals surface area contributed by atoms with Gasteiger partial charge in [-0.3, -0.25) is 9.59 Å². The molecule has 222 valence electrons. The molecule has 0 bridgehead atoms. The molecule has 1 amide bonds. The smallest absolute Gasteiger partial charge is 0.303 e. The Labute approximate surface area is 247 Å². The maximum absolute atomic E-state index is 13.6. The monoisotopic (exact) mass is 609 g/mol. The molecule has 42 heavy (non-hydrogen) atoms. The van der Waals surface area contributed by atoms with E-state index < -0.39 is 20.3 Å². The fourth-order valence-corrected chi connectivity index (χ4v) is 6.81. The average molecular weight is 610 g/mol. The van der Waals surface area contributed by atoms with E-state index in [0.29, 0.717) is 36.5 Å². The number of nitrogens with zero attached hydrogens (tertiary/aromatic N) is 6. The van der Waals surface area contributed by atoms with E-state index in [1.165, 1.54) is 16.0 Å². The molecule has 1 atom stereocenters. The highest BCUT2D eigenvalue weighted by molar-refractivity contribution is 7.21. The van der Waals surface area contributed by atoms with E-state index in [1.807, 2.05) is 29.1 Å². The number of hydrogen-bond acceptors (Lipinski definition) is 9. The second kappa shape index (κ2) is 11.7. The van der Waals surface area contributed by atoms with Gasteiger partial charge in [0.2, 0.25) is 0 Å². The van der Waals surface area contributed by atoms with Crippen LogP contribution in [0.3, 0.4) is 0 Å². The summed E-state index contributed by atoms with van der Waals surface area (Å²) in [7, 11) is 0.610. The minimum absolute atomic E-state index is 0.233. The molecule has 1 N–H and O–H groups in total. The van der Waals surface area contributed by atoms with Crippen LogP contribution in [0.2, 0.25) is 25.7 Å². The van der Waals surface area contributed by atoms with E-state index in [2.05, 4.69) is 40.3 Å². The van der Waals surface area contributed by atoms with Gasteiger partial charge in [-0.05, 0) is 30.5 Å². The van der Waals surface area contributed by atoms with Crippen molar-refractivity contribution in [3.8, 4) is 0 Å².